The van der Waals surface area contributed by atoms with E-state index in [-0.39, 0.29) is 4.90 Å². The van der Waals surface area contributed by atoms with Crippen LogP contribution in [-0.2, 0) is 14.8 Å². The van der Waals surface area contributed by atoms with Gasteiger partial charge >= 0.3 is 0 Å². The third-order valence-corrected chi connectivity index (χ3v) is 7.39. The molecule has 0 heterocycles. The van der Waals surface area contributed by atoms with Crippen molar-refractivity contribution in [1.82, 2.24) is 5.43 Å². The second-order valence-corrected chi connectivity index (χ2v) is 10.1. The third kappa shape index (κ3) is 6.75. The number of carbonyl (C=O) groups excluding carboxylic acids is 1. The van der Waals surface area contributed by atoms with Crippen molar-refractivity contribution in [3.8, 4) is 5.75 Å². The van der Waals surface area contributed by atoms with E-state index in [2.05, 4.69) is 10.5 Å². The van der Waals surface area contributed by atoms with Crippen LogP contribution in [0.1, 0.15) is 12.5 Å². The second-order valence-electron chi connectivity index (χ2n) is 6.96. The predicted molar refractivity (Wildman–Crippen MR) is 138 cm³/mol. The average molecular weight is 518 g/mol. The first-order valence-electron chi connectivity index (χ1n) is 10.3. The highest BCUT2D eigenvalue weighted by Gasteiger charge is 2.27. The van der Waals surface area contributed by atoms with Crippen LogP contribution in [0.3, 0.4) is 0 Å². The lowest BCUT2D eigenvalue weighted by Gasteiger charge is -2.24. The summed E-state index contributed by atoms with van der Waals surface area (Å²) >= 11 is 7.46. The smallest absolute Gasteiger partial charge is 0.264 e. The number of halogens is 1. The highest BCUT2D eigenvalue weighted by molar-refractivity contribution is 7.98. The summed E-state index contributed by atoms with van der Waals surface area (Å²) in [5.41, 5.74) is 3.40. The fourth-order valence-corrected chi connectivity index (χ4v) is 5.02. The van der Waals surface area contributed by atoms with Gasteiger partial charge in [0.25, 0.3) is 15.9 Å². The zero-order valence-corrected chi connectivity index (χ0v) is 21.0. The summed E-state index contributed by atoms with van der Waals surface area (Å²) in [6.45, 7) is 1.88. The molecule has 0 unspecified atom stereocenters. The van der Waals surface area contributed by atoms with Crippen LogP contribution >= 0.6 is 23.4 Å². The molecule has 3 rings (SSSR count). The summed E-state index contributed by atoms with van der Waals surface area (Å²) in [5, 5.41) is 4.46. The predicted octanol–water partition coefficient (Wildman–Crippen LogP) is 4.81. The van der Waals surface area contributed by atoms with Gasteiger partial charge in [-0.05, 0) is 79.4 Å². The molecule has 0 spiro atoms. The Morgan fingerprint density at radius 3 is 2.44 bits per heavy atom. The molecule has 0 saturated heterocycles. The number of thioether (sulfide) groups is 1. The maximum Gasteiger partial charge on any atom is 0.264 e. The van der Waals surface area contributed by atoms with E-state index in [1.807, 2.05) is 13.2 Å². The summed E-state index contributed by atoms with van der Waals surface area (Å²) in [4.78, 5) is 13.7. The molecule has 3 aromatic rings. The van der Waals surface area contributed by atoms with Crippen molar-refractivity contribution in [2.24, 2.45) is 5.10 Å². The first kappa shape index (κ1) is 25.6. The molecule has 0 aliphatic heterocycles. The lowest BCUT2D eigenvalue weighted by atomic mass is 10.2. The quantitative estimate of drug-likeness (QED) is 0.237. The molecule has 0 atom stereocenters. The van der Waals surface area contributed by atoms with Gasteiger partial charge in [-0.1, -0.05) is 23.7 Å². The van der Waals surface area contributed by atoms with Crippen molar-refractivity contribution in [2.45, 2.75) is 16.7 Å². The van der Waals surface area contributed by atoms with Crippen LogP contribution in [0.5, 0.6) is 5.75 Å². The van der Waals surface area contributed by atoms with Crippen molar-refractivity contribution in [3.63, 3.8) is 0 Å². The number of benzene rings is 3. The first-order chi connectivity index (χ1) is 16.3. The minimum Gasteiger partial charge on any atom is -0.494 e. The molecule has 0 bridgehead atoms. The van der Waals surface area contributed by atoms with E-state index in [0.29, 0.717) is 28.6 Å². The van der Waals surface area contributed by atoms with Crippen LogP contribution in [0.2, 0.25) is 5.02 Å². The Bertz CT molecular complexity index is 1250. The Balaban J connectivity index is 1.85. The Morgan fingerprint density at radius 1 is 1.12 bits per heavy atom. The summed E-state index contributed by atoms with van der Waals surface area (Å²) in [7, 11) is -4.03. The lowest BCUT2D eigenvalue weighted by molar-refractivity contribution is -0.119. The van der Waals surface area contributed by atoms with Gasteiger partial charge < -0.3 is 4.74 Å². The van der Waals surface area contributed by atoms with Gasteiger partial charge in [0, 0.05) is 9.92 Å². The highest BCUT2D eigenvalue weighted by atomic mass is 35.5. The molecule has 10 heteroatoms. The molecule has 0 fully saturated rings. The summed E-state index contributed by atoms with van der Waals surface area (Å²) in [6, 6.07) is 20.0. The largest absolute Gasteiger partial charge is 0.494 e. The van der Waals surface area contributed by atoms with Gasteiger partial charge in [-0.15, -0.1) is 11.8 Å². The van der Waals surface area contributed by atoms with Crippen LogP contribution in [-0.4, -0.2) is 39.9 Å². The summed E-state index contributed by atoms with van der Waals surface area (Å²) in [5.74, 6) is -0.0000310. The first-order valence-corrected chi connectivity index (χ1v) is 13.3. The van der Waals surface area contributed by atoms with Gasteiger partial charge in [-0.3, -0.25) is 9.10 Å². The van der Waals surface area contributed by atoms with Gasteiger partial charge in [0.15, 0.2) is 0 Å². The van der Waals surface area contributed by atoms with Gasteiger partial charge in [0.2, 0.25) is 0 Å². The minimum absolute atomic E-state index is 0.0782. The monoisotopic (exact) mass is 517 g/mol. The van der Waals surface area contributed by atoms with Crippen LogP contribution in [0, 0.1) is 0 Å². The Morgan fingerprint density at radius 2 is 1.82 bits per heavy atom. The topological polar surface area (TPSA) is 88.1 Å². The van der Waals surface area contributed by atoms with Crippen molar-refractivity contribution in [3.05, 3.63) is 83.4 Å². The van der Waals surface area contributed by atoms with E-state index >= 15 is 0 Å². The van der Waals surface area contributed by atoms with Crippen molar-refractivity contribution >= 4 is 51.2 Å². The number of anilines is 1. The fourth-order valence-electron chi connectivity index (χ4n) is 3.00. The van der Waals surface area contributed by atoms with Gasteiger partial charge in [-0.2, -0.15) is 5.10 Å². The van der Waals surface area contributed by atoms with Gasteiger partial charge in [0.05, 0.1) is 23.4 Å². The molecule has 178 valence electrons. The normalized spacial score (nSPS) is 11.4. The van der Waals surface area contributed by atoms with E-state index in [0.717, 1.165) is 9.20 Å². The molecule has 1 amide bonds. The molecule has 1 N–H and O–H groups in total. The molecule has 0 aromatic heterocycles. The van der Waals surface area contributed by atoms with Crippen LogP contribution in [0.15, 0.2) is 87.7 Å². The fraction of sp³-hybridized carbons (Fsp3) is 0.167. The van der Waals surface area contributed by atoms with E-state index in [4.69, 9.17) is 16.3 Å². The van der Waals surface area contributed by atoms with Crippen molar-refractivity contribution in [1.29, 1.82) is 0 Å². The van der Waals surface area contributed by atoms with E-state index in [1.54, 1.807) is 60.7 Å². The molecule has 7 nitrogen and oxygen atoms in total. The number of amides is 1. The standard InChI is InChI=1S/C24H24ClN3O4S2/c1-3-32-21-9-7-20(8-10-21)28(34(30,31)23-13-11-22(33-2)12-14-23)17-24(29)27-26-16-18-5-4-6-19(25)15-18/h4-16H,3,17H2,1-2H3,(H,27,29)/b26-16-. The van der Waals surface area contributed by atoms with Crippen LogP contribution < -0.4 is 14.5 Å². The second kappa shape index (κ2) is 11.9. The van der Waals surface area contributed by atoms with Crippen molar-refractivity contribution in [2.75, 3.05) is 23.7 Å². The van der Waals surface area contributed by atoms with Crippen LogP contribution in [0.25, 0.3) is 0 Å². The number of nitrogens with zero attached hydrogens (tertiary/aromatic N) is 2. The number of rotatable bonds is 10. The molecular weight excluding hydrogens is 494 g/mol. The Labute approximate surface area is 208 Å². The molecular formula is C24H24ClN3O4S2. The zero-order chi connectivity index (χ0) is 24.6. The Hall–Kier alpha value is -3.01. The minimum atomic E-state index is -4.03. The van der Waals surface area contributed by atoms with Gasteiger partial charge in [0.1, 0.15) is 12.3 Å². The number of hydrogen-bond acceptors (Lipinski definition) is 6. The SMILES string of the molecule is CCOc1ccc(N(CC(=O)N/N=C\c2cccc(Cl)c2)S(=O)(=O)c2ccc(SC)cc2)cc1. The van der Waals surface area contributed by atoms with Gasteiger partial charge in [-0.25, -0.2) is 13.8 Å². The molecule has 0 saturated carbocycles. The van der Waals surface area contributed by atoms with E-state index in [9.17, 15) is 13.2 Å². The Kier molecular flexibility index (Phi) is 8.98. The van der Waals surface area contributed by atoms with Crippen molar-refractivity contribution < 1.29 is 17.9 Å². The molecule has 34 heavy (non-hydrogen) atoms. The molecule has 0 radical (unpaired) electrons. The number of nitrogens with one attached hydrogen (secondary N) is 1. The number of sulfonamides is 1. The molecule has 0 aliphatic carbocycles. The number of carbonyl (C=O) groups is 1. The van der Waals surface area contributed by atoms with Crippen LogP contribution in [0.4, 0.5) is 5.69 Å². The number of hydrazone groups is 1. The zero-order valence-electron chi connectivity index (χ0n) is 18.6. The average Bonchev–Trinajstić information content (AvgIpc) is 2.83. The molecule has 3 aromatic carbocycles. The lowest BCUT2D eigenvalue weighted by Crippen LogP contribution is -2.39. The van der Waals surface area contributed by atoms with E-state index < -0.39 is 22.5 Å². The third-order valence-electron chi connectivity index (χ3n) is 4.62. The number of hydrogen-bond donors (Lipinski definition) is 1. The summed E-state index contributed by atoms with van der Waals surface area (Å²) in [6.07, 6.45) is 3.34. The maximum atomic E-state index is 13.5. The highest BCUT2D eigenvalue weighted by Crippen LogP contribution is 2.27. The molecule has 0 aliphatic rings. The number of ether oxygens (including phenoxy) is 1. The maximum absolute atomic E-state index is 13.5. The van der Waals surface area contributed by atoms with E-state index in [1.165, 1.54) is 30.1 Å². The summed E-state index contributed by atoms with van der Waals surface area (Å²) < 4.78 is 33.4.